The van der Waals surface area contributed by atoms with Gasteiger partial charge in [0.05, 0.1) is 0 Å². The second-order valence-electron chi connectivity index (χ2n) is 5.10. The molecule has 0 radical (unpaired) electrons. The van der Waals surface area contributed by atoms with Crippen LogP contribution in [-0.2, 0) is 0 Å². The molecule has 0 saturated carbocycles. The SMILES string of the molecule is CC(C)C1CN2CCNCC2CN1C. The molecule has 14 heavy (non-hydrogen) atoms. The maximum absolute atomic E-state index is 3.48. The molecule has 1 N–H and O–H groups in total. The lowest BCUT2D eigenvalue weighted by Crippen LogP contribution is -2.64. The second-order valence-corrected chi connectivity index (χ2v) is 5.10. The third-order valence-corrected chi connectivity index (χ3v) is 3.73. The number of nitrogens with zero attached hydrogens (tertiary/aromatic N) is 2. The van der Waals surface area contributed by atoms with Crippen molar-refractivity contribution < 1.29 is 0 Å². The lowest BCUT2D eigenvalue weighted by Gasteiger charge is -2.48. The van der Waals surface area contributed by atoms with Crippen molar-refractivity contribution in [2.45, 2.75) is 25.9 Å². The van der Waals surface area contributed by atoms with E-state index in [9.17, 15) is 0 Å². The summed E-state index contributed by atoms with van der Waals surface area (Å²) in [5.74, 6) is 0.774. The third kappa shape index (κ3) is 1.95. The lowest BCUT2D eigenvalue weighted by atomic mass is 9.96. The Kier molecular flexibility index (Phi) is 3.10. The largest absolute Gasteiger partial charge is 0.314 e. The monoisotopic (exact) mass is 197 g/mol. The van der Waals surface area contributed by atoms with Crippen LogP contribution < -0.4 is 5.32 Å². The number of hydrogen-bond acceptors (Lipinski definition) is 3. The molecule has 82 valence electrons. The molecule has 2 rings (SSSR count). The smallest absolute Gasteiger partial charge is 0.0349 e. The molecule has 3 nitrogen and oxygen atoms in total. The van der Waals surface area contributed by atoms with Gasteiger partial charge in [0.25, 0.3) is 0 Å². The first kappa shape index (κ1) is 10.4. The number of rotatable bonds is 1. The van der Waals surface area contributed by atoms with Crippen LogP contribution in [0.4, 0.5) is 0 Å². The summed E-state index contributed by atoms with van der Waals surface area (Å²) in [4.78, 5) is 5.21. The molecule has 0 aliphatic carbocycles. The van der Waals surface area contributed by atoms with Gasteiger partial charge in [0, 0.05) is 44.8 Å². The Morgan fingerprint density at radius 2 is 2.07 bits per heavy atom. The van der Waals surface area contributed by atoms with E-state index in [1.807, 2.05) is 0 Å². The van der Waals surface area contributed by atoms with Gasteiger partial charge >= 0.3 is 0 Å². The highest BCUT2D eigenvalue weighted by atomic mass is 15.3. The van der Waals surface area contributed by atoms with E-state index in [-0.39, 0.29) is 0 Å². The quantitative estimate of drug-likeness (QED) is 0.649. The van der Waals surface area contributed by atoms with E-state index < -0.39 is 0 Å². The summed E-state index contributed by atoms with van der Waals surface area (Å²) in [6, 6.07) is 1.51. The Bertz CT molecular complexity index is 193. The minimum Gasteiger partial charge on any atom is -0.314 e. The molecule has 0 aromatic heterocycles. The van der Waals surface area contributed by atoms with Crippen molar-refractivity contribution in [3.8, 4) is 0 Å². The fraction of sp³-hybridized carbons (Fsp3) is 1.00. The van der Waals surface area contributed by atoms with Gasteiger partial charge in [-0.1, -0.05) is 13.8 Å². The highest BCUT2D eigenvalue weighted by molar-refractivity contribution is 4.91. The van der Waals surface area contributed by atoms with E-state index >= 15 is 0 Å². The molecular formula is C11H23N3. The van der Waals surface area contributed by atoms with Crippen LogP contribution in [0, 0.1) is 5.92 Å². The summed E-state index contributed by atoms with van der Waals surface area (Å²) < 4.78 is 0. The zero-order valence-corrected chi connectivity index (χ0v) is 9.66. The maximum atomic E-state index is 3.48. The lowest BCUT2D eigenvalue weighted by molar-refractivity contribution is 0.0136. The first-order chi connectivity index (χ1) is 6.68. The fourth-order valence-electron chi connectivity index (χ4n) is 2.79. The summed E-state index contributed by atoms with van der Waals surface area (Å²) in [6.45, 7) is 10.8. The minimum absolute atomic E-state index is 0.753. The van der Waals surface area contributed by atoms with E-state index in [0.717, 1.165) is 18.0 Å². The van der Waals surface area contributed by atoms with Crippen LogP contribution in [0.1, 0.15) is 13.8 Å². The van der Waals surface area contributed by atoms with Crippen molar-refractivity contribution in [2.24, 2.45) is 5.92 Å². The van der Waals surface area contributed by atoms with Crippen LogP contribution in [-0.4, -0.2) is 61.7 Å². The Balaban J connectivity index is 1.99. The maximum Gasteiger partial charge on any atom is 0.0349 e. The van der Waals surface area contributed by atoms with Crippen molar-refractivity contribution in [2.75, 3.05) is 39.8 Å². The number of likely N-dealkylation sites (N-methyl/N-ethyl adjacent to an activating group) is 1. The molecule has 2 heterocycles. The average Bonchev–Trinajstić information content (AvgIpc) is 2.16. The topological polar surface area (TPSA) is 18.5 Å². The van der Waals surface area contributed by atoms with Gasteiger partial charge in [-0.3, -0.25) is 4.90 Å². The highest BCUT2D eigenvalue weighted by Crippen LogP contribution is 2.19. The van der Waals surface area contributed by atoms with Crippen LogP contribution in [0.2, 0.25) is 0 Å². The van der Waals surface area contributed by atoms with E-state index in [2.05, 4.69) is 36.0 Å². The van der Waals surface area contributed by atoms with Gasteiger partial charge in [-0.25, -0.2) is 0 Å². The predicted molar refractivity (Wildman–Crippen MR) is 59.5 cm³/mol. The van der Waals surface area contributed by atoms with E-state index in [4.69, 9.17) is 0 Å². The summed E-state index contributed by atoms with van der Waals surface area (Å²) in [7, 11) is 2.27. The Morgan fingerprint density at radius 3 is 2.79 bits per heavy atom. The van der Waals surface area contributed by atoms with Gasteiger partial charge in [-0.05, 0) is 13.0 Å². The van der Waals surface area contributed by atoms with Gasteiger partial charge in [-0.2, -0.15) is 0 Å². The minimum atomic E-state index is 0.753. The van der Waals surface area contributed by atoms with Crippen LogP contribution in [0.15, 0.2) is 0 Å². The Hall–Kier alpha value is -0.120. The molecule has 0 aromatic rings. The van der Waals surface area contributed by atoms with Crippen molar-refractivity contribution in [3.05, 3.63) is 0 Å². The van der Waals surface area contributed by atoms with Crippen LogP contribution >= 0.6 is 0 Å². The number of nitrogens with one attached hydrogen (secondary N) is 1. The standard InChI is InChI=1S/C11H23N3/c1-9(2)11-8-14-5-4-12-6-10(14)7-13(11)3/h9-12H,4-8H2,1-3H3. The van der Waals surface area contributed by atoms with Crippen molar-refractivity contribution in [1.29, 1.82) is 0 Å². The van der Waals surface area contributed by atoms with Crippen molar-refractivity contribution in [1.82, 2.24) is 15.1 Å². The normalized spacial score (nSPS) is 36.0. The predicted octanol–water partition coefficient (Wildman–Crippen LogP) is 0.230. The molecule has 0 spiro atoms. The van der Waals surface area contributed by atoms with Crippen molar-refractivity contribution in [3.63, 3.8) is 0 Å². The first-order valence-corrected chi connectivity index (χ1v) is 5.83. The Morgan fingerprint density at radius 1 is 1.29 bits per heavy atom. The van der Waals surface area contributed by atoms with Gasteiger partial charge in [0.15, 0.2) is 0 Å². The van der Waals surface area contributed by atoms with E-state index in [1.165, 1.54) is 32.7 Å². The number of piperazine rings is 2. The third-order valence-electron chi connectivity index (χ3n) is 3.73. The average molecular weight is 197 g/mol. The summed E-state index contributed by atoms with van der Waals surface area (Å²) in [5, 5.41) is 3.48. The molecule has 2 saturated heterocycles. The number of hydrogen-bond donors (Lipinski definition) is 1. The molecule has 0 bridgehead atoms. The van der Waals surface area contributed by atoms with E-state index in [0.29, 0.717) is 0 Å². The molecule has 2 atom stereocenters. The van der Waals surface area contributed by atoms with Crippen molar-refractivity contribution >= 4 is 0 Å². The highest BCUT2D eigenvalue weighted by Gasteiger charge is 2.34. The summed E-state index contributed by atoms with van der Waals surface area (Å²) >= 11 is 0. The molecule has 2 aliphatic rings. The number of fused-ring (bicyclic) bond motifs is 1. The molecule has 2 unspecified atom stereocenters. The van der Waals surface area contributed by atoms with Crippen LogP contribution in [0.25, 0.3) is 0 Å². The Labute approximate surface area is 87.4 Å². The fourth-order valence-corrected chi connectivity index (χ4v) is 2.79. The molecular weight excluding hydrogens is 174 g/mol. The molecule has 2 fully saturated rings. The van der Waals surface area contributed by atoms with Crippen LogP contribution in [0.5, 0.6) is 0 Å². The van der Waals surface area contributed by atoms with Gasteiger partial charge in [0.1, 0.15) is 0 Å². The molecule has 0 amide bonds. The molecule has 3 heteroatoms. The first-order valence-electron chi connectivity index (χ1n) is 5.83. The van der Waals surface area contributed by atoms with Gasteiger partial charge in [0.2, 0.25) is 0 Å². The van der Waals surface area contributed by atoms with Gasteiger partial charge < -0.3 is 10.2 Å². The molecule has 2 aliphatic heterocycles. The summed E-state index contributed by atoms with van der Waals surface area (Å²) in [6.07, 6.45) is 0. The van der Waals surface area contributed by atoms with Crippen LogP contribution in [0.3, 0.4) is 0 Å². The second kappa shape index (κ2) is 4.17. The van der Waals surface area contributed by atoms with E-state index in [1.54, 1.807) is 0 Å². The molecule has 0 aromatic carbocycles. The zero-order valence-electron chi connectivity index (χ0n) is 9.66. The zero-order chi connectivity index (χ0) is 10.1. The summed E-state index contributed by atoms with van der Waals surface area (Å²) in [5.41, 5.74) is 0. The van der Waals surface area contributed by atoms with Gasteiger partial charge in [-0.15, -0.1) is 0 Å².